The molecule has 5 nitrogen and oxygen atoms in total. The highest BCUT2D eigenvalue weighted by Gasteiger charge is 2.10. The number of hydrogen-bond donors (Lipinski definition) is 2. The standard InChI is InChI=1S/C20H17NO4/c1-24-19-11-10-15(13-18(19)22)21-20(23)14-6-5-9-17(12-14)25-16-7-3-2-4-8-16/h2-13,22H,1H3,(H,21,23). The van der Waals surface area contributed by atoms with Crippen LogP contribution in [0.2, 0.25) is 0 Å². The highest BCUT2D eigenvalue weighted by Crippen LogP contribution is 2.29. The molecule has 5 heteroatoms. The highest BCUT2D eigenvalue weighted by molar-refractivity contribution is 6.04. The Morgan fingerprint density at radius 3 is 2.40 bits per heavy atom. The van der Waals surface area contributed by atoms with Crippen LogP contribution in [0.4, 0.5) is 5.69 Å². The number of carbonyl (C=O) groups is 1. The summed E-state index contributed by atoms with van der Waals surface area (Å²) < 4.78 is 10.7. The number of benzene rings is 3. The third-order valence-electron chi connectivity index (χ3n) is 3.51. The fourth-order valence-electron chi connectivity index (χ4n) is 2.30. The Bertz CT molecular complexity index is 878. The van der Waals surface area contributed by atoms with E-state index in [4.69, 9.17) is 9.47 Å². The van der Waals surface area contributed by atoms with Crippen LogP contribution in [-0.4, -0.2) is 18.1 Å². The summed E-state index contributed by atoms with van der Waals surface area (Å²) in [7, 11) is 1.46. The number of anilines is 1. The van der Waals surface area contributed by atoms with Crippen LogP contribution in [0.5, 0.6) is 23.0 Å². The SMILES string of the molecule is COc1ccc(NC(=O)c2cccc(Oc3ccccc3)c2)cc1O. The maximum atomic E-state index is 12.4. The molecular formula is C20H17NO4. The lowest BCUT2D eigenvalue weighted by atomic mass is 10.2. The van der Waals surface area contributed by atoms with Gasteiger partial charge in [0.05, 0.1) is 7.11 Å². The molecule has 0 saturated heterocycles. The maximum Gasteiger partial charge on any atom is 0.255 e. The van der Waals surface area contributed by atoms with E-state index in [1.54, 1.807) is 36.4 Å². The first-order valence-corrected chi connectivity index (χ1v) is 7.67. The Hall–Kier alpha value is -3.47. The molecule has 1 amide bonds. The number of carbonyl (C=O) groups excluding carboxylic acids is 1. The first-order chi connectivity index (χ1) is 12.2. The van der Waals surface area contributed by atoms with Crippen LogP contribution in [0.25, 0.3) is 0 Å². The third-order valence-corrected chi connectivity index (χ3v) is 3.51. The van der Waals surface area contributed by atoms with Crippen LogP contribution in [-0.2, 0) is 0 Å². The van der Waals surface area contributed by atoms with E-state index in [9.17, 15) is 9.90 Å². The van der Waals surface area contributed by atoms with Crippen molar-refractivity contribution in [1.82, 2.24) is 0 Å². The van der Waals surface area contributed by atoms with Gasteiger partial charge in [-0.3, -0.25) is 4.79 Å². The van der Waals surface area contributed by atoms with E-state index >= 15 is 0 Å². The van der Waals surface area contributed by atoms with E-state index in [0.29, 0.717) is 28.5 Å². The monoisotopic (exact) mass is 335 g/mol. The molecule has 3 rings (SSSR count). The number of hydrogen-bond acceptors (Lipinski definition) is 4. The molecule has 0 aliphatic rings. The minimum Gasteiger partial charge on any atom is -0.504 e. The Balaban J connectivity index is 1.74. The zero-order valence-electron chi connectivity index (χ0n) is 13.6. The minimum atomic E-state index is -0.303. The van der Waals surface area contributed by atoms with Crippen molar-refractivity contribution in [2.24, 2.45) is 0 Å². The van der Waals surface area contributed by atoms with Gasteiger partial charge < -0.3 is 19.9 Å². The van der Waals surface area contributed by atoms with E-state index in [2.05, 4.69) is 5.32 Å². The molecule has 2 N–H and O–H groups in total. The second-order valence-electron chi connectivity index (χ2n) is 5.28. The number of para-hydroxylation sites is 1. The van der Waals surface area contributed by atoms with E-state index in [0.717, 1.165) is 0 Å². The zero-order valence-corrected chi connectivity index (χ0v) is 13.6. The van der Waals surface area contributed by atoms with Crippen LogP contribution in [0.1, 0.15) is 10.4 Å². The molecular weight excluding hydrogens is 318 g/mol. The summed E-state index contributed by atoms with van der Waals surface area (Å²) in [6, 6.07) is 20.9. The summed E-state index contributed by atoms with van der Waals surface area (Å²) >= 11 is 0. The van der Waals surface area contributed by atoms with Gasteiger partial charge >= 0.3 is 0 Å². The van der Waals surface area contributed by atoms with E-state index in [1.807, 2.05) is 30.3 Å². The lowest BCUT2D eigenvalue weighted by molar-refractivity contribution is 0.102. The van der Waals surface area contributed by atoms with Gasteiger partial charge in [0.1, 0.15) is 11.5 Å². The van der Waals surface area contributed by atoms with Crippen LogP contribution in [0.3, 0.4) is 0 Å². The van der Waals surface area contributed by atoms with Crippen molar-refractivity contribution < 1.29 is 19.4 Å². The van der Waals surface area contributed by atoms with E-state index < -0.39 is 0 Å². The Kier molecular flexibility index (Phi) is 4.85. The fraction of sp³-hybridized carbons (Fsp3) is 0.0500. The maximum absolute atomic E-state index is 12.4. The Morgan fingerprint density at radius 2 is 1.68 bits per heavy atom. The van der Waals surface area contributed by atoms with Crippen LogP contribution in [0, 0.1) is 0 Å². The van der Waals surface area contributed by atoms with Gasteiger partial charge in [0.2, 0.25) is 0 Å². The molecule has 0 fully saturated rings. The second-order valence-corrected chi connectivity index (χ2v) is 5.28. The molecule has 0 bridgehead atoms. The Labute approximate surface area is 145 Å². The topological polar surface area (TPSA) is 67.8 Å². The van der Waals surface area contributed by atoms with E-state index in [1.165, 1.54) is 13.2 Å². The molecule has 0 heterocycles. The smallest absolute Gasteiger partial charge is 0.255 e. The quantitative estimate of drug-likeness (QED) is 0.723. The number of ether oxygens (including phenoxy) is 2. The molecule has 0 radical (unpaired) electrons. The summed E-state index contributed by atoms with van der Waals surface area (Å²) in [5.74, 6) is 1.26. The van der Waals surface area contributed by atoms with Gasteiger partial charge in [0, 0.05) is 17.3 Å². The number of phenols is 1. The minimum absolute atomic E-state index is 0.0403. The van der Waals surface area contributed by atoms with Gasteiger partial charge in [-0.1, -0.05) is 24.3 Å². The average molecular weight is 335 g/mol. The third kappa shape index (κ3) is 4.09. The molecule has 0 aromatic heterocycles. The first kappa shape index (κ1) is 16.4. The summed E-state index contributed by atoms with van der Waals surface area (Å²) in [4.78, 5) is 12.4. The van der Waals surface area contributed by atoms with Gasteiger partial charge in [0.25, 0.3) is 5.91 Å². The number of aromatic hydroxyl groups is 1. The van der Waals surface area contributed by atoms with Crippen molar-refractivity contribution in [2.45, 2.75) is 0 Å². The van der Waals surface area contributed by atoms with Gasteiger partial charge in [-0.25, -0.2) is 0 Å². The molecule has 0 saturated carbocycles. The summed E-state index contributed by atoms with van der Waals surface area (Å²) in [5, 5.41) is 12.5. The predicted molar refractivity (Wildman–Crippen MR) is 95.6 cm³/mol. The van der Waals surface area contributed by atoms with Crippen molar-refractivity contribution in [1.29, 1.82) is 0 Å². The molecule has 3 aromatic rings. The van der Waals surface area contributed by atoms with Gasteiger partial charge in [0.15, 0.2) is 11.5 Å². The Morgan fingerprint density at radius 1 is 0.920 bits per heavy atom. The number of methoxy groups -OCH3 is 1. The molecule has 25 heavy (non-hydrogen) atoms. The van der Waals surface area contributed by atoms with Gasteiger partial charge in [-0.05, 0) is 42.5 Å². The van der Waals surface area contributed by atoms with Gasteiger partial charge in [-0.15, -0.1) is 0 Å². The number of amides is 1. The van der Waals surface area contributed by atoms with E-state index in [-0.39, 0.29) is 11.7 Å². The van der Waals surface area contributed by atoms with Crippen molar-refractivity contribution in [3.8, 4) is 23.0 Å². The molecule has 0 aliphatic carbocycles. The summed E-state index contributed by atoms with van der Waals surface area (Å²) in [5.41, 5.74) is 0.918. The lowest BCUT2D eigenvalue weighted by Gasteiger charge is -2.10. The fourth-order valence-corrected chi connectivity index (χ4v) is 2.30. The molecule has 0 spiro atoms. The molecule has 0 unspecified atom stereocenters. The number of nitrogens with one attached hydrogen (secondary N) is 1. The lowest BCUT2D eigenvalue weighted by Crippen LogP contribution is -2.11. The second kappa shape index (κ2) is 7.40. The predicted octanol–water partition coefficient (Wildman–Crippen LogP) is 4.45. The molecule has 0 atom stereocenters. The molecule has 0 aliphatic heterocycles. The van der Waals surface area contributed by atoms with Crippen LogP contribution < -0.4 is 14.8 Å². The number of rotatable bonds is 5. The van der Waals surface area contributed by atoms with Gasteiger partial charge in [-0.2, -0.15) is 0 Å². The average Bonchev–Trinajstić information content (AvgIpc) is 2.63. The summed E-state index contributed by atoms with van der Waals surface area (Å²) in [6.45, 7) is 0. The van der Waals surface area contributed by atoms with Crippen LogP contribution in [0.15, 0.2) is 72.8 Å². The van der Waals surface area contributed by atoms with Crippen molar-refractivity contribution in [3.63, 3.8) is 0 Å². The molecule has 3 aromatic carbocycles. The first-order valence-electron chi connectivity index (χ1n) is 7.67. The van der Waals surface area contributed by atoms with Crippen LogP contribution >= 0.6 is 0 Å². The normalized spacial score (nSPS) is 10.1. The highest BCUT2D eigenvalue weighted by atomic mass is 16.5. The summed E-state index contributed by atoms with van der Waals surface area (Å²) in [6.07, 6.45) is 0. The number of phenolic OH excluding ortho intramolecular Hbond substituents is 1. The zero-order chi connectivity index (χ0) is 17.6. The largest absolute Gasteiger partial charge is 0.504 e. The molecule has 126 valence electrons. The van der Waals surface area contributed by atoms with Crippen molar-refractivity contribution in [3.05, 3.63) is 78.4 Å². The van der Waals surface area contributed by atoms with Crippen molar-refractivity contribution in [2.75, 3.05) is 12.4 Å². The van der Waals surface area contributed by atoms with Crippen molar-refractivity contribution >= 4 is 11.6 Å².